The van der Waals surface area contributed by atoms with Crippen LogP contribution in [0, 0.1) is 0 Å². The highest BCUT2D eigenvalue weighted by Gasteiger charge is 2.10. The van der Waals surface area contributed by atoms with Crippen molar-refractivity contribution in [2.75, 3.05) is 5.32 Å². The Hall–Kier alpha value is -2.96. The van der Waals surface area contributed by atoms with Crippen molar-refractivity contribution in [2.45, 2.75) is 0 Å². The Morgan fingerprint density at radius 2 is 2.11 bits per heavy atom. The number of rotatable bonds is 2. The van der Waals surface area contributed by atoms with Crippen molar-refractivity contribution >= 4 is 22.6 Å². The number of para-hydroxylation sites is 1. The van der Waals surface area contributed by atoms with Crippen LogP contribution in [-0.4, -0.2) is 25.8 Å². The van der Waals surface area contributed by atoms with Gasteiger partial charge in [0.2, 0.25) is 0 Å². The predicted octanol–water partition coefficient (Wildman–Crippen LogP) is 0.898. The van der Waals surface area contributed by atoms with E-state index in [1.165, 1.54) is 6.20 Å². The zero-order valence-electron chi connectivity index (χ0n) is 9.68. The van der Waals surface area contributed by atoms with Gasteiger partial charge in [-0.15, -0.1) is 0 Å². The standard InChI is InChI=1S/C12H9N5O2/c18-10-5-13-9(4-14-10)12(19)17-8-3-1-2-7-11(8)16-6-15-7/h1-6H,(H,14,18)(H,15,16)(H,17,19). The van der Waals surface area contributed by atoms with E-state index < -0.39 is 5.91 Å². The molecule has 2 aromatic heterocycles. The topological polar surface area (TPSA) is 104 Å². The molecule has 0 aliphatic rings. The molecular formula is C12H9N5O2. The molecule has 0 aliphatic carbocycles. The molecule has 3 N–H and O–H groups in total. The third kappa shape index (κ3) is 2.08. The first-order chi connectivity index (χ1) is 9.24. The van der Waals surface area contributed by atoms with E-state index in [0.717, 1.165) is 11.7 Å². The number of hydrogen-bond donors (Lipinski definition) is 3. The lowest BCUT2D eigenvalue weighted by atomic mass is 10.2. The van der Waals surface area contributed by atoms with Crippen LogP contribution < -0.4 is 10.9 Å². The van der Waals surface area contributed by atoms with Gasteiger partial charge in [0.15, 0.2) is 0 Å². The molecule has 2 heterocycles. The maximum Gasteiger partial charge on any atom is 0.275 e. The molecule has 7 nitrogen and oxygen atoms in total. The van der Waals surface area contributed by atoms with Crippen molar-refractivity contribution < 1.29 is 4.79 Å². The third-order valence-electron chi connectivity index (χ3n) is 2.60. The Morgan fingerprint density at radius 1 is 1.21 bits per heavy atom. The Balaban J connectivity index is 1.92. The number of aromatic amines is 2. The molecule has 0 saturated carbocycles. The molecule has 1 amide bonds. The van der Waals surface area contributed by atoms with Crippen molar-refractivity contribution in [1.82, 2.24) is 19.9 Å². The molecule has 7 heteroatoms. The minimum absolute atomic E-state index is 0.132. The van der Waals surface area contributed by atoms with Crippen LogP contribution in [-0.2, 0) is 0 Å². The van der Waals surface area contributed by atoms with Gasteiger partial charge in [-0.3, -0.25) is 9.59 Å². The molecule has 0 aliphatic heterocycles. The highest BCUT2D eigenvalue weighted by atomic mass is 16.2. The first-order valence-corrected chi connectivity index (χ1v) is 5.52. The van der Waals surface area contributed by atoms with E-state index in [1.54, 1.807) is 18.5 Å². The maximum atomic E-state index is 12.0. The van der Waals surface area contributed by atoms with Crippen LogP contribution in [0.1, 0.15) is 10.5 Å². The van der Waals surface area contributed by atoms with Crippen LogP contribution >= 0.6 is 0 Å². The van der Waals surface area contributed by atoms with Gasteiger partial charge in [-0.05, 0) is 12.1 Å². The minimum Gasteiger partial charge on any atom is -0.345 e. The van der Waals surface area contributed by atoms with Crippen LogP contribution in [0.5, 0.6) is 0 Å². The molecule has 0 radical (unpaired) electrons. The smallest absolute Gasteiger partial charge is 0.275 e. The van der Waals surface area contributed by atoms with Crippen molar-refractivity contribution in [3.05, 3.63) is 53.0 Å². The number of imidazole rings is 1. The normalized spacial score (nSPS) is 10.5. The van der Waals surface area contributed by atoms with E-state index >= 15 is 0 Å². The molecule has 0 fully saturated rings. The van der Waals surface area contributed by atoms with Crippen molar-refractivity contribution in [2.24, 2.45) is 0 Å². The van der Waals surface area contributed by atoms with Gasteiger partial charge in [-0.2, -0.15) is 0 Å². The summed E-state index contributed by atoms with van der Waals surface area (Å²) in [5.41, 5.74) is 1.85. The molecule has 19 heavy (non-hydrogen) atoms. The zero-order valence-corrected chi connectivity index (χ0v) is 9.68. The number of carbonyl (C=O) groups excluding carboxylic acids is 1. The lowest BCUT2D eigenvalue weighted by Crippen LogP contribution is -2.17. The second-order valence-corrected chi connectivity index (χ2v) is 3.85. The lowest BCUT2D eigenvalue weighted by molar-refractivity contribution is 0.102. The summed E-state index contributed by atoms with van der Waals surface area (Å²) >= 11 is 0. The van der Waals surface area contributed by atoms with E-state index in [9.17, 15) is 9.59 Å². The molecule has 0 atom stereocenters. The number of H-pyrrole nitrogens is 2. The van der Waals surface area contributed by atoms with E-state index in [1.807, 2.05) is 6.07 Å². The largest absolute Gasteiger partial charge is 0.345 e. The fourth-order valence-corrected chi connectivity index (χ4v) is 1.72. The monoisotopic (exact) mass is 255 g/mol. The van der Waals surface area contributed by atoms with Crippen LogP contribution in [0.25, 0.3) is 11.0 Å². The average Bonchev–Trinajstić information content (AvgIpc) is 2.89. The van der Waals surface area contributed by atoms with Gasteiger partial charge in [0, 0.05) is 6.20 Å². The van der Waals surface area contributed by atoms with E-state index in [2.05, 4.69) is 25.3 Å². The number of nitrogens with zero attached hydrogens (tertiary/aromatic N) is 2. The van der Waals surface area contributed by atoms with Crippen molar-refractivity contribution in [1.29, 1.82) is 0 Å². The fourth-order valence-electron chi connectivity index (χ4n) is 1.72. The van der Waals surface area contributed by atoms with Crippen molar-refractivity contribution in [3.8, 4) is 0 Å². The first kappa shape index (κ1) is 11.1. The van der Waals surface area contributed by atoms with Crippen LogP contribution in [0.2, 0.25) is 0 Å². The molecular weight excluding hydrogens is 246 g/mol. The molecule has 0 unspecified atom stereocenters. The molecule has 0 bridgehead atoms. The van der Waals surface area contributed by atoms with Gasteiger partial charge in [0.25, 0.3) is 11.5 Å². The number of anilines is 1. The second kappa shape index (κ2) is 4.37. The van der Waals surface area contributed by atoms with Crippen LogP contribution in [0.4, 0.5) is 5.69 Å². The van der Waals surface area contributed by atoms with Crippen LogP contribution in [0.15, 0.2) is 41.7 Å². The minimum atomic E-state index is -0.410. The predicted molar refractivity (Wildman–Crippen MR) is 68.9 cm³/mol. The Kier molecular flexibility index (Phi) is 2.57. The number of fused-ring (bicyclic) bond motifs is 1. The van der Waals surface area contributed by atoms with Gasteiger partial charge in [0.1, 0.15) is 11.2 Å². The van der Waals surface area contributed by atoms with Gasteiger partial charge in [0.05, 0.1) is 23.7 Å². The number of amides is 1. The maximum absolute atomic E-state index is 12.0. The summed E-state index contributed by atoms with van der Waals surface area (Å²) in [5, 5.41) is 2.70. The number of aromatic nitrogens is 4. The van der Waals surface area contributed by atoms with Crippen molar-refractivity contribution in [3.63, 3.8) is 0 Å². The zero-order chi connectivity index (χ0) is 13.2. The summed E-state index contributed by atoms with van der Waals surface area (Å²) in [7, 11) is 0. The first-order valence-electron chi connectivity index (χ1n) is 5.52. The Bertz CT molecular complexity index is 784. The number of carbonyl (C=O) groups is 1. The third-order valence-corrected chi connectivity index (χ3v) is 2.60. The summed E-state index contributed by atoms with van der Waals surface area (Å²) < 4.78 is 0. The quantitative estimate of drug-likeness (QED) is 0.632. The summed E-state index contributed by atoms with van der Waals surface area (Å²) in [6.07, 6.45) is 3.88. The second-order valence-electron chi connectivity index (χ2n) is 3.85. The SMILES string of the molecule is O=C(Nc1cccc2[nH]cnc12)c1c[nH]c(=O)cn1. The number of benzene rings is 1. The Labute approximate surface area is 106 Å². The molecule has 0 saturated heterocycles. The van der Waals surface area contributed by atoms with Gasteiger partial charge < -0.3 is 15.3 Å². The number of hydrogen-bond acceptors (Lipinski definition) is 4. The highest BCUT2D eigenvalue weighted by molar-refractivity contribution is 6.06. The summed E-state index contributed by atoms with van der Waals surface area (Å²) in [5.74, 6) is -0.410. The molecule has 1 aromatic carbocycles. The van der Waals surface area contributed by atoms with Gasteiger partial charge in [-0.25, -0.2) is 9.97 Å². The lowest BCUT2D eigenvalue weighted by Gasteiger charge is -2.04. The summed E-state index contributed by atoms with van der Waals surface area (Å²) in [6.45, 7) is 0. The highest BCUT2D eigenvalue weighted by Crippen LogP contribution is 2.19. The number of nitrogens with one attached hydrogen (secondary N) is 3. The van der Waals surface area contributed by atoms with E-state index in [0.29, 0.717) is 11.2 Å². The van der Waals surface area contributed by atoms with Crippen LogP contribution in [0.3, 0.4) is 0 Å². The fraction of sp³-hybridized carbons (Fsp3) is 0. The van der Waals surface area contributed by atoms with E-state index in [4.69, 9.17) is 0 Å². The molecule has 94 valence electrons. The Morgan fingerprint density at radius 3 is 2.89 bits per heavy atom. The summed E-state index contributed by atoms with van der Waals surface area (Å²) in [6, 6.07) is 5.40. The molecule has 0 spiro atoms. The van der Waals surface area contributed by atoms with E-state index in [-0.39, 0.29) is 11.3 Å². The molecule has 3 aromatic rings. The molecule has 3 rings (SSSR count). The summed E-state index contributed by atoms with van der Waals surface area (Å²) in [4.78, 5) is 36.1. The van der Waals surface area contributed by atoms with Gasteiger partial charge in [-0.1, -0.05) is 6.07 Å². The average molecular weight is 255 g/mol. The van der Waals surface area contributed by atoms with Gasteiger partial charge >= 0.3 is 0 Å².